The first-order valence-electron chi connectivity index (χ1n) is 5.32. The van der Waals surface area contributed by atoms with Crippen molar-refractivity contribution in [1.29, 1.82) is 0 Å². The molecular formula is C13H10ClN3O2. The number of halogens is 1. The summed E-state index contributed by atoms with van der Waals surface area (Å²) >= 11 is 5.79. The fraction of sp³-hybridized carbons (Fsp3) is 0. The monoisotopic (exact) mass is 275 g/mol. The van der Waals surface area contributed by atoms with Gasteiger partial charge >= 0.3 is 5.97 Å². The van der Waals surface area contributed by atoms with Gasteiger partial charge in [0.15, 0.2) is 11.5 Å². The molecule has 5 nitrogen and oxygen atoms in total. The van der Waals surface area contributed by atoms with Gasteiger partial charge in [0, 0.05) is 16.1 Å². The summed E-state index contributed by atoms with van der Waals surface area (Å²) in [6, 6.07) is 6.71. The molecule has 0 fully saturated rings. The number of nitrogen functional groups attached to an aromatic ring is 1. The van der Waals surface area contributed by atoms with Crippen LogP contribution in [0.4, 0.5) is 5.82 Å². The van der Waals surface area contributed by atoms with Crippen LogP contribution in [0.1, 0.15) is 16.1 Å². The molecule has 96 valence electrons. The van der Waals surface area contributed by atoms with E-state index in [1.807, 2.05) is 0 Å². The van der Waals surface area contributed by atoms with Crippen molar-refractivity contribution in [2.75, 3.05) is 5.73 Å². The van der Waals surface area contributed by atoms with Crippen LogP contribution in [-0.4, -0.2) is 21.0 Å². The van der Waals surface area contributed by atoms with Gasteiger partial charge in [0.1, 0.15) is 5.82 Å². The Bertz CT molecular complexity index is 654. The third-order valence-electron chi connectivity index (χ3n) is 2.48. The lowest BCUT2D eigenvalue weighted by atomic mass is 10.1. The molecule has 1 aromatic heterocycles. The van der Waals surface area contributed by atoms with Crippen molar-refractivity contribution in [3.05, 3.63) is 47.1 Å². The minimum absolute atomic E-state index is 0.0762. The van der Waals surface area contributed by atoms with Crippen molar-refractivity contribution >= 4 is 29.5 Å². The normalized spacial score (nSPS) is 10.2. The number of rotatable bonds is 3. The molecule has 0 saturated carbocycles. The fourth-order valence-corrected chi connectivity index (χ4v) is 1.71. The summed E-state index contributed by atoms with van der Waals surface area (Å²) in [7, 11) is 0. The number of nitrogens with zero attached hydrogens (tertiary/aromatic N) is 2. The van der Waals surface area contributed by atoms with Gasteiger partial charge < -0.3 is 10.8 Å². The number of hydrogen-bond acceptors (Lipinski definition) is 4. The molecule has 0 atom stereocenters. The molecule has 19 heavy (non-hydrogen) atoms. The third-order valence-corrected chi connectivity index (χ3v) is 2.74. The topological polar surface area (TPSA) is 89.1 Å². The highest BCUT2D eigenvalue weighted by atomic mass is 35.5. The highest BCUT2D eigenvalue weighted by Gasteiger charge is 2.16. The molecule has 3 N–H and O–H groups in total. The van der Waals surface area contributed by atoms with Crippen LogP contribution in [0.3, 0.4) is 0 Å². The second-order valence-electron chi connectivity index (χ2n) is 3.71. The number of aromatic carboxylic acids is 1. The molecule has 0 aliphatic rings. The molecule has 0 bridgehead atoms. The van der Waals surface area contributed by atoms with E-state index < -0.39 is 5.97 Å². The quantitative estimate of drug-likeness (QED) is 0.899. The Morgan fingerprint density at radius 3 is 2.47 bits per heavy atom. The van der Waals surface area contributed by atoms with Gasteiger partial charge in [0.05, 0.1) is 0 Å². The molecular weight excluding hydrogens is 266 g/mol. The number of carboxylic acid groups (broad SMARTS) is 1. The first kappa shape index (κ1) is 13.0. The van der Waals surface area contributed by atoms with Gasteiger partial charge in [-0.15, -0.1) is 0 Å². The van der Waals surface area contributed by atoms with Gasteiger partial charge in [-0.2, -0.15) is 0 Å². The molecule has 2 rings (SSSR count). The first-order chi connectivity index (χ1) is 9.02. The Labute approximate surface area is 114 Å². The van der Waals surface area contributed by atoms with Crippen molar-refractivity contribution in [1.82, 2.24) is 9.97 Å². The van der Waals surface area contributed by atoms with Crippen LogP contribution in [0.15, 0.2) is 30.8 Å². The van der Waals surface area contributed by atoms with Crippen LogP contribution in [0.2, 0.25) is 5.02 Å². The Kier molecular flexibility index (Phi) is 3.48. The van der Waals surface area contributed by atoms with Crippen molar-refractivity contribution < 1.29 is 9.90 Å². The summed E-state index contributed by atoms with van der Waals surface area (Å²) in [4.78, 5) is 19.2. The number of carbonyl (C=O) groups is 1. The first-order valence-corrected chi connectivity index (χ1v) is 5.70. The summed E-state index contributed by atoms with van der Waals surface area (Å²) in [5.41, 5.74) is 6.40. The average Bonchev–Trinajstić information content (AvgIpc) is 2.38. The van der Waals surface area contributed by atoms with E-state index in [2.05, 4.69) is 16.5 Å². The van der Waals surface area contributed by atoms with E-state index >= 15 is 0 Å². The molecule has 2 aromatic rings. The maximum atomic E-state index is 11.2. The second-order valence-corrected chi connectivity index (χ2v) is 4.15. The standard InChI is InChI=1S/C13H10ClN3O2/c1-2-9-10(13(18)19)16-12(17-11(9)15)7-3-5-8(14)6-4-7/h2-6H,1H2,(H,18,19)(H2,15,16,17). The second kappa shape index (κ2) is 5.07. The van der Waals surface area contributed by atoms with E-state index in [-0.39, 0.29) is 22.9 Å². The zero-order valence-corrected chi connectivity index (χ0v) is 10.6. The Morgan fingerprint density at radius 1 is 1.32 bits per heavy atom. The van der Waals surface area contributed by atoms with Gasteiger partial charge in [0.25, 0.3) is 0 Å². The molecule has 1 aromatic carbocycles. The smallest absolute Gasteiger partial charge is 0.355 e. The van der Waals surface area contributed by atoms with E-state index in [0.29, 0.717) is 10.6 Å². The summed E-state index contributed by atoms with van der Waals surface area (Å²) in [6.45, 7) is 3.51. The van der Waals surface area contributed by atoms with Crippen LogP contribution in [0.25, 0.3) is 17.5 Å². The molecule has 1 heterocycles. The summed E-state index contributed by atoms with van der Waals surface area (Å²) in [5, 5.41) is 9.69. The van der Waals surface area contributed by atoms with E-state index in [9.17, 15) is 4.79 Å². The summed E-state index contributed by atoms with van der Waals surface area (Å²) in [6.07, 6.45) is 1.32. The lowest BCUT2D eigenvalue weighted by Gasteiger charge is -2.07. The molecule has 0 unspecified atom stereocenters. The van der Waals surface area contributed by atoms with Gasteiger partial charge in [-0.25, -0.2) is 14.8 Å². The van der Waals surface area contributed by atoms with Crippen LogP contribution < -0.4 is 5.73 Å². The van der Waals surface area contributed by atoms with Crippen LogP contribution >= 0.6 is 11.6 Å². The zero-order chi connectivity index (χ0) is 14.0. The minimum atomic E-state index is -1.18. The lowest BCUT2D eigenvalue weighted by Crippen LogP contribution is -2.09. The van der Waals surface area contributed by atoms with E-state index in [4.69, 9.17) is 22.4 Å². The van der Waals surface area contributed by atoms with E-state index in [0.717, 1.165) is 0 Å². The average molecular weight is 276 g/mol. The van der Waals surface area contributed by atoms with E-state index in [1.165, 1.54) is 6.08 Å². The number of aromatic nitrogens is 2. The molecule has 0 aliphatic carbocycles. The fourth-order valence-electron chi connectivity index (χ4n) is 1.58. The van der Waals surface area contributed by atoms with Gasteiger partial charge in [-0.3, -0.25) is 0 Å². The molecule has 0 amide bonds. The number of benzene rings is 1. The Balaban J connectivity index is 2.63. The van der Waals surface area contributed by atoms with Gasteiger partial charge in [-0.1, -0.05) is 24.3 Å². The lowest BCUT2D eigenvalue weighted by molar-refractivity contribution is 0.0690. The summed E-state index contributed by atoms with van der Waals surface area (Å²) < 4.78 is 0. The maximum absolute atomic E-state index is 11.2. The summed E-state index contributed by atoms with van der Waals surface area (Å²) in [5.74, 6) is -0.872. The van der Waals surface area contributed by atoms with Crippen LogP contribution in [0.5, 0.6) is 0 Å². The van der Waals surface area contributed by atoms with Crippen molar-refractivity contribution in [3.63, 3.8) is 0 Å². The molecule has 0 radical (unpaired) electrons. The predicted molar refractivity (Wildman–Crippen MR) is 73.9 cm³/mol. The number of nitrogens with two attached hydrogens (primary N) is 1. The van der Waals surface area contributed by atoms with Crippen molar-refractivity contribution in [2.45, 2.75) is 0 Å². The number of carboxylic acids is 1. The highest BCUT2D eigenvalue weighted by molar-refractivity contribution is 6.30. The SMILES string of the molecule is C=Cc1c(N)nc(-c2ccc(Cl)cc2)nc1C(=O)O. The number of anilines is 1. The molecule has 6 heteroatoms. The third kappa shape index (κ3) is 2.56. The molecule has 0 aliphatic heterocycles. The Hall–Kier alpha value is -2.40. The maximum Gasteiger partial charge on any atom is 0.355 e. The highest BCUT2D eigenvalue weighted by Crippen LogP contribution is 2.23. The van der Waals surface area contributed by atoms with Crippen LogP contribution in [0, 0.1) is 0 Å². The molecule has 0 saturated heterocycles. The van der Waals surface area contributed by atoms with Crippen LogP contribution in [-0.2, 0) is 0 Å². The zero-order valence-electron chi connectivity index (χ0n) is 9.80. The van der Waals surface area contributed by atoms with Crippen molar-refractivity contribution in [3.8, 4) is 11.4 Å². The van der Waals surface area contributed by atoms with E-state index in [1.54, 1.807) is 24.3 Å². The predicted octanol–water partition coefficient (Wildman–Crippen LogP) is 2.72. The molecule has 0 spiro atoms. The number of hydrogen-bond donors (Lipinski definition) is 2. The minimum Gasteiger partial charge on any atom is -0.476 e. The largest absolute Gasteiger partial charge is 0.476 e. The van der Waals surface area contributed by atoms with Gasteiger partial charge in [-0.05, 0) is 24.3 Å². The Morgan fingerprint density at radius 2 is 1.95 bits per heavy atom. The van der Waals surface area contributed by atoms with Gasteiger partial charge in [0.2, 0.25) is 0 Å². The van der Waals surface area contributed by atoms with Crippen molar-refractivity contribution in [2.24, 2.45) is 0 Å².